The molecule has 3 aromatic carbocycles. The van der Waals surface area contributed by atoms with Crippen molar-refractivity contribution in [1.82, 2.24) is 14.9 Å². The van der Waals surface area contributed by atoms with Crippen LogP contribution in [-0.2, 0) is 11.3 Å². The minimum Gasteiger partial charge on any atom is -0.388 e. The molecule has 1 saturated heterocycles. The van der Waals surface area contributed by atoms with E-state index in [1.807, 2.05) is 53.1 Å². The number of para-hydroxylation sites is 2. The predicted octanol–water partition coefficient (Wildman–Crippen LogP) is 2.67. The molecule has 5 atom stereocenters. The number of amides is 1. The van der Waals surface area contributed by atoms with Crippen molar-refractivity contribution < 1.29 is 24.9 Å². The molecule has 8 nitrogen and oxygen atoms in total. The Kier molecular flexibility index (Phi) is 4.00. The lowest BCUT2D eigenvalue weighted by Gasteiger charge is -2.40. The molecule has 1 fully saturated rings. The van der Waals surface area contributed by atoms with Crippen molar-refractivity contribution in [1.29, 1.82) is 0 Å². The summed E-state index contributed by atoms with van der Waals surface area (Å²) in [6, 6.07) is 15.6. The molecule has 2 aliphatic rings. The molecule has 0 bridgehead atoms. The van der Waals surface area contributed by atoms with Crippen molar-refractivity contribution in [3.8, 4) is 0 Å². The van der Waals surface area contributed by atoms with E-state index in [0.29, 0.717) is 12.1 Å². The van der Waals surface area contributed by atoms with Crippen molar-refractivity contribution in [2.75, 3.05) is 0 Å². The van der Waals surface area contributed by atoms with Crippen LogP contribution >= 0.6 is 0 Å². The van der Waals surface area contributed by atoms with Crippen LogP contribution in [0, 0.1) is 0 Å². The molecule has 4 heterocycles. The third-order valence-corrected chi connectivity index (χ3v) is 7.44. The Bertz CT molecular complexity index is 1650. The van der Waals surface area contributed by atoms with Crippen LogP contribution in [0.3, 0.4) is 0 Å². The van der Waals surface area contributed by atoms with Crippen molar-refractivity contribution in [2.45, 2.75) is 44.1 Å². The molecule has 7 rings (SSSR count). The molecule has 2 aliphatic heterocycles. The topological polar surface area (TPSA) is 120 Å². The van der Waals surface area contributed by atoms with E-state index in [-0.39, 0.29) is 5.91 Å². The maximum atomic E-state index is 13.1. The van der Waals surface area contributed by atoms with E-state index in [0.717, 1.165) is 49.2 Å². The Morgan fingerprint density at radius 1 is 0.941 bits per heavy atom. The molecule has 5 N–H and O–H groups in total. The normalized spacial score (nSPS) is 27.2. The lowest BCUT2D eigenvalue weighted by molar-refractivity contribution is -0.238. The van der Waals surface area contributed by atoms with Crippen molar-refractivity contribution >= 4 is 49.5 Å². The minimum absolute atomic E-state index is 0.135. The number of hydrogen-bond acceptors (Lipinski definition) is 5. The summed E-state index contributed by atoms with van der Waals surface area (Å²) in [6.07, 6.45) is -5.61. The second-order valence-electron chi connectivity index (χ2n) is 9.27. The molecule has 0 saturated carbocycles. The molecular formula is C26H23N3O5. The van der Waals surface area contributed by atoms with Gasteiger partial charge in [-0.1, -0.05) is 36.4 Å². The number of hydrogen-bond donors (Lipinski definition) is 5. The summed E-state index contributed by atoms with van der Waals surface area (Å²) in [5, 5.41) is 38.5. The smallest absolute Gasteiger partial charge is 0.252 e. The lowest BCUT2D eigenvalue weighted by atomic mass is 9.96. The van der Waals surface area contributed by atoms with Gasteiger partial charge in [0.2, 0.25) is 0 Å². The van der Waals surface area contributed by atoms with Gasteiger partial charge >= 0.3 is 0 Å². The number of carbonyl (C=O) groups excluding carboxylic acids is 1. The highest BCUT2D eigenvalue weighted by Crippen LogP contribution is 2.45. The van der Waals surface area contributed by atoms with E-state index in [1.165, 1.54) is 0 Å². The number of nitrogens with zero attached hydrogens (tertiary/aromatic N) is 1. The Hall–Kier alpha value is -3.43. The van der Waals surface area contributed by atoms with Crippen LogP contribution in [0.5, 0.6) is 0 Å². The molecule has 1 unspecified atom stereocenters. The van der Waals surface area contributed by atoms with Crippen LogP contribution in [0.1, 0.15) is 29.1 Å². The summed E-state index contributed by atoms with van der Waals surface area (Å²) in [4.78, 5) is 16.7. The quantitative estimate of drug-likeness (QED) is 0.265. The first-order valence-electron chi connectivity index (χ1n) is 11.4. The van der Waals surface area contributed by atoms with Gasteiger partial charge in [-0.2, -0.15) is 0 Å². The fraction of sp³-hybridized carbons (Fsp3) is 0.269. The fourth-order valence-corrected chi connectivity index (χ4v) is 5.86. The zero-order valence-electron chi connectivity index (χ0n) is 18.3. The van der Waals surface area contributed by atoms with Gasteiger partial charge in [-0.25, -0.2) is 0 Å². The Labute approximate surface area is 193 Å². The first-order valence-corrected chi connectivity index (χ1v) is 11.4. The number of aliphatic hydroxyl groups is 3. The summed E-state index contributed by atoms with van der Waals surface area (Å²) in [5.41, 5.74) is 4.85. The molecule has 1 amide bonds. The second kappa shape index (κ2) is 6.80. The molecule has 8 heteroatoms. The number of aromatic nitrogens is 2. The number of fused-ring (bicyclic) bond motifs is 10. The number of aliphatic hydroxyl groups excluding tert-OH is 3. The van der Waals surface area contributed by atoms with E-state index < -0.39 is 30.6 Å². The van der Waals surface area contributed by atoms with Gasteiger partial charge in [-0.3, -0.25) is 4.79 Å². The van der Waals surface area contributed by atoms with Crippen molar-refractivity contribution in [2.24, 2.45) is 0 Å². The van der Waals surface area contributed by atoms with Gasteiger partial charge in [0.1, 0.15) is 18.3 Å². The van der Waals surface area contributed by atoms with Gasteiger partial charge in [0, 0.05) is 33.6 Å². The van der Waals surface area contributed by atoms with Gasteiger partial charge in [0.25, 0.3) is 5.91 Å². The number of carbonyl (C=O) groups is 1. The second-order valence-corrected chi connectivity index (χ2v) is 9.27. The van der Waals surface area contributed by atoms with Crippen LogP contribution in [0.15, 0.2) is 48.5 Å². The highest BCUT2D eigenvalue weighted by Gasteiger charge is 2.44. The van der Waals surface area contributed by atoms with E-state index >= 15 is 0 Å². The fourth-order valence-electron chi connectivity index (χ4n) is 5.86. The first kappa shape index (κ1) is 20.0. The SMILES string of the molecule is C[C@@H]1OC(n2c3ccccc3c3c4c(c5c6ccccc6[nH]c5c32)CNC4=O)[C@H](O)[C@H](O)[C@H]1O. The average Bonchev–Trinajstić information content (AvgIpc) is 3.51. The lowest BCUT2D eigenvalue weighted by Crippen LogP contribution is -2.54. The molecule has 0 aliphatic carbocycles. The standard InChI is InChI=1S/C26H23N3O5/c1-11-22(30)23(31)24(32)26(34-11)29-16-9-5-3-7-13(16)18-19-14(10-27-25(19)33)17-12-6-2-4-8-15(12)28-20(17)21(18)29/h2-9,11,22-24,26,28,30-32H,10H2,1H3,(H,27,33)/t11-,22-,23+,24+,26?/m0/s1. The van der Waals surface area contributed by atoms with Gasteiger partial charge in [0.15, 0.2) is 6.23 Å². The average molecular weight is 457 g/mol. The summed E-state index contributed by atoms with van der Waals surface area (Å²) in [6.45, 7) is 2.11. The Morgan fingerprint density at radius 2 is 1.68 bits per heavy atom. The van der Waals surface area contributed by atoms with Crippen molar-refractivity contribution in [3.05, 3.63) is 59.7 Å². The zero-order chi connectivity index (χ0) is 23.3. The maximum absolute atomic E-state index is 13.1. The number of aromatic amines is 1. The Morgan fingerprint density at radius 3 is 2.50 bits per heavy atom. The summed E-state index contributed by atoms with van der Waals surface area (Å²) >= 11 is 0. The van der Waals surface area contributed by atoms with E-state index in [4.69, 9.17) is 4.74 Å². The molecule has 172 valence electrons. The zero-order valence-corrected chi connectivity index (χ0v) is 18.3. The third-order valence-electron chi connectivity index (χ3n) is 7.44. The van der Waals surface area contributed by atoms with Crippen LogP contribution in [-0.4, -0.2) is 55.2 Å². The summed E-state index contributed by atoms with van der Waals surface area (Å²) in [7, 11) is 0. The summed E-state index contributed by atoms with van der Waals surface area (Å²) in [5.74, 6) is -0.135. The van der Waals surface area contributed by atoms with Crippen LogP contribution in [0.25, 0.3) is 43.6 Å². The highest BCUT2D eigenvalue weighted by molar-refractivity contribution is 6.30. The van der Waals surface area contributed by atoms with Crippen LogP contribution in [0.2, 0.25) is 0 Å². The predicted molar refractivity (Wildman–Crippen MR) is 128 cm³/mol. The van der Waals surface area contributed by atoms with Gasteiger partial charge in [0.05, 0.1) is 28.2 Å². The molecule has 2 aromatic heterocycles. The number of ether oxygens (including phenoxy) is 1. The van der Waals surface area contributed by atoms with Gasteiger partial charge in [-0.15, -0.1) is 0 Å². The molecule has 0 radical (unpaired) electrons. The minimum atomic E-state index is -1.37. The van der Waals surface area contributed by atoms with Crippen molar-refractivity contribution in [3.63, 3.8) is 0 Å². The van der Waals surface area contributed by atoms with Crippen LogP contribution in [0.4, 0.5) is 0 Å². The number of nitrogens with one attached hydrogen (secondary N) is 2. The van der Waals surface area contributed by atoms with E-state index in [1.54, 1.807) is 6.92 Å². The first-order chi connectivity index (χ1) is 16.5. The van der Waals surface area contributed by atoms with E-state index in [2.05, 4.69) is 10.3 Å². The molecule has 0 spiro atoms. The molecular weight excluding hydrogens is 434 g/mol. The number of benzene rings is 3. The Balaban J connectivity index is 1.70. The third kappa shape index (κ3) is 2.38. The van der Waals surface area contributed by atoms with Gasteiger partial charge < -0.3 is 34.9 Å². The van der Waals surface area contributed by atoms with E-state index in [9.17, 15) is 20.1 Å². The number of H-pyrrole nitrogens is 1. The maximum Gasteiger partial charge on any atom is 0.252 e. The largest absolute Gasteiger partial charge is 0.388 e. The van der Waals surface area contributed by atoms with Gasteiger partial charge in [-0.05, 0) is 24.6 Å². The highest BCUT2D eigenvalue weighted by atomic mass is 16.5. The molecule has 5 aromatic rings. The monoisotopic (exact) mass is 457 g/mol. The van der Waals surface area contributed by atoms with Crippen LogP contribution < -0.4 is 5.32 Å². The number of rotatable bonds is 1. The summed E-state index contributed by atoms with van der Waals surface area (Å²) < 4.78 is 7.97. The molecule has 34 heavy (non-hydrogen) atoms.